The van der Waals surface area contributed by atoms with E-state index in [0.29, 0.717) is 24.5 Å². The molecular weight excluding hydrogens is 338 g/mol. The predicted molar refractivity (Wildman–Crippen MR) is 97.8 cm³/mol. The highest BCUT2D eigenvalue weighted by atomic mass is 32.2. The molecular formula is C18H19N3O3S. The van der Waals surface area contributed by atoms with Gasteiger partial charge in [-0.05, 0) is 36.2 Å². The lowest BCUT2D eigenvalue weighted by molar-refractivity contribution is 0.518. The summed E-state index contributed by atoms with van der Waals surface area (Å²) in [4.78, 5) is 4.20. The summed E-state index contributed by atoms with van der Waals surface area (Å²) in [5, 5.41) is 3.10. The minimum atomic E-state index is -3.42. The molecule has 2 N–H and O–H groups in total. The van der Waals surface area contributed by atoms with Gasteiger partial charge in [0.05, 0.1) is 30.4 Å². The third-order valence-corrected chi connectivity index (χ3v) is 4.85. The van der Waals surface area contributed by atoms with Crippen molar-refractivity contribution in [1.82, 2.24) is 4.98 Å². The average Bonchev–Trinajstić information content (AvgIpc) is 3.14. The third-order valence-electron chi connectivity index (χ3n) is 3.56. The number of aryl methyl sites for hydroxylation is 1. The molecule has 2 heterocycles. The van der Waals surface area contributed by atoms with E-state index in [9.17, 15) is 8.42 Å². The molecule has 0 amide bonds. The number of pyridine rings is 1. The van der Waals surface area contributed by atoms with Gasteiger partial charge in [-0.1, -0.05) is 30.3 Å². The van der Waals surface area contributed by atoms with Crippen molar-refractivity contribution in [1.29, 1.82) is 0 Å². The van der Waals surface area contributed by atoms with E-state index in [1.165, 1.54) is 6.20 Å². The minimum absolute atomic E-state index is 0.0233. The van der Waals surface area contributed by atoms with E-state index >= 15 is 0 Å². The fraction of sp³-hybridized carbons (Fsp3) is 0.167. The summed E-state index contributed by atoms with van der Waals surface area (Å²) in [6.45, 7) is 0.516. The second-order valence-electron chi connectivity index (χ2n) is 5.52. The number of hydrogen-bond donors (Lipinski definition) is 2. The lowest BCUT2D eigenvalue weighted by Crippen LogP contribution is -2.18. The van der Waals surface area contributed by atoms with E-state index in [1.807, 2.05) is 42.5 Å². The molecule has 0 atom stereocenters. The zero-order valence-corrected chi connectivity index (χ0v) is 14.4. The van der Waals surface area contributed by atoms with Crippen molar-refractivity contribution in [2.24, 2.45) is 0 Å². The minimum Gasteiger partial charge on any atom is -0.467 e. The van der Waals surface area contributed by atoms with Crippen molar-refractivity contribution in [3.05, 3.63) is 78.4 Å². The van der Waals surface area contributed by atoms with Crippen LogP contribution in [0.4, 0.5) is 11.5 Å². The van der Waals surface area contributed by atoms with E-state index in [0.717, 1.165) is 11.3 Å². The summed E-state index contributed by atoms with van der Waals surface area (Å²) in [5.41, 5.74) is 1.43. The Balaban J connectivity index is 1.53. The fourth-order valence-electron chi connectivity index (χ4n) is 2.28. The number of aromatic nitrogens is 1. The van der Waals surface area contributed by atoms with E-state index in [2.05, 4.69) is 15.0 Å². The summed E-state index contributed by atoms with van der Waals surface area (Å²) in [7, 11) is -3.42. The Morgan fingerprint density at radius 2 is 1.84 bits per heavy atom. The maximum atomic E-state index is 12.2. The Morgan fingerprint density at radius 1 is 1.00 bits per heavy atom. The van der Waals surface area contributed by atoms with Gasteiger partial charge in [0.1, 0.15) is 11.6 Å². The van der Waals surface area contributed by atoms with Gasteiger partial charge in [-0.25, -0.2) is 13.4 Å². The lowest BCUT2D eigenvalue weighted by atomic mass is 10.2. The summed E-state index contributed by atoms with van der Waals surface area (Å²) in [5.74, 6) is 1.46. The van der Waals surface area contributed by atoms with Crippen LogP contribution in [0.15, 0.2) is 71.5 Å². The standard InChI is InChI=1S/C18H19N3O3S/c22-25(23,12-10-15-5-2-1-3-6-15)21-16-8-9-18(19-13-16)20-14-17-7-4-11-24-17/h1-9,11,13,21H,10,12,14H2,(H,19,20). The van der Waals surface area contributed by atoms with E-state index in [1.54, 1.807) is 18.4 Å². The van der Waals surface area contributed by atoms with Crippen LogP contribution in [-0.4, -0.2) is 19.2 Å². The zero-order valence-electron chi connectivity index (χ0n) is 13.6. The summed E-state index contributed by atoms with van der Waals surface area (Å²) in [6, 6.07) is 16.6. The first-order chi connectivity index (χ1) is 12.1. The van der Waals surface area contributed by atoms with E-state index < -0.39 is 10.0 Å². The first-order valence-corrected chi connectivity index (χ1v) is 9.53. The molecule has 7 heteroatoms. The van der Waals surface area contributed by atoms with Gasteiger partial charge in [-0.3, -0.25) is 4.72 Å². The van der Waals surface area contributed by atoms with Gasteiger partial charge in [-0.15, -0.1) is 0 Å². The molecule has 0 radical (unpaired) electrons. The Hall–Kier alpha value is -2.80. The summed E-state index contributed by atoms with van der Waals surface area (Å²) in [6.07, 6.45) is 3.56. The Bertz CT molecular complexity index is 877. The highest BCUT2D eigenvalue weighted by Gasteiger charge is 2.11. The van der Waals surface area contributed by atoms with Gasteiger partial charge in [0.15, 0.2) is 0 Å². The van der Waals surface area contributed by atoms with Crippen molar-refractivity contribution in [3.8, 4) is 0 Å². The molecule has 0 aliphatic rings. The third kappa shape index (κ3) is 5.36. The van der Waals surface area contributed by atoms with Crippen molar-refractivity contribution >= 4 is 21.5 Å². The van der Waals surface area contributed by atoms with E-state index in [4.69, 9.17) is 4.42 Å². The first kappa shape index (κ1) is 17.0. The number of furan rings is 1. The smallest absolute Gasteiger partial charge is 0.233 e. The van der Waals surface area contributed by atoms with Crippen LogP contribution >= 0.6 is 0 Å². The molecule has 0 saturated heterocycles. The van der Waals surface area contributed by atoms with E-state index in [-0.39, 0.29) is 5.75 Å². The SMILES string of the molecule is O=S(=O)(CCc1ccccc1)Nc1ccc(NCc2ccco2)nc1. The Morgan fingerprint density at radius 3 is 2.52 bits per heavy atom. The fourth-order valence-corrected chi connectivity index (χ4v) is 3.36. The molecule has 25 heavy (non-hydrogen) atoms. The van der Waals surface area contributed by atoms with Gasteiger partial charge in [-0.2, -0.15) is 0 Å². The number of nitrogens with zero attached hydrogens (tertiary/aromatic N) is 1. The molecule has 130 valence electrons. The maximum absolute atomic E-state index is 12.2. The molecule has 2 aromatic heterocycles. The number of sulfonamides is 1. The van der Waals surface area contributed by atoms with Crippen molar-refractivity contribution in [2.45, 2.75) is 13.0 Å². The van der Waals surface area contributed by atoms with Crippen LogP contribution in [0, 0.1) is 0 Å². The van der Waals surface area contributed by atoms with Crippen LogP contribution < -0.4 is 10.0 Å². The van der Waals surface area contributed by atoms with Gasteiger partial charge in [0, 0.05) is 0 Å². The molecule has 0 aliphatic carbocycles. The van der Waals surface area contributed by atoms with Crippen LogP contribution in [0.25, 0.3) is 0 Å². The number of rotatable bonds is 8. The second kappa shape index (κ2) is 7.85. The topological polar surface area (TPSA) is 84.2 Å². The van der Waals surface area contributed by atoms with Crippen LogP contribution in [-0.2, 0) is 23.0 Å². The normalized spacial score (nSPS) is 11.2. The maximum Gasteiger partial charge on any atom is 0.233 e. The molecule has 0 bridgehead atoms. The number of nitrogens with one attached hydrogen (secondary N) is 2. The van der Waals surface area contributed by atoms with Crippen molar-refractivity contribution < 1.29 is 12.8 Å². The quantitative estimate of drug-likeness (QED) is 0.646. The number of benzene rings is 1. The Labute approximate surface area is 147 Å². The molecule has 3 rings (SSSR count). The average molecular weight is 357 g/mol. The number of hydrogen-bond acceptors (Lipinski definition) is 5. The molecule has 6 nitrogen and oxygen atoms in total. The van der Waals surface area contributed by atoms with Gasteiger partial charge >= 0.3 is 0 Å². The van der Waals surface area contributed by atoms with Crippen LogP contribution in [0.1, 0.15) is 11.3 Å². The molecule has 0 spiro atoms. The van der Waals surface area contributed by atoms with Gasteiger partial charge < -0.3 is 9.73 Å². The van der Waals surface area contributed by atoms with Crippen LogP contribution in [0.3, 0.4) is 0 Å². The predicted octanol–water partition coefficient (Wildman–Crippen LogP) is 3.27. The van der Waals surface area contributed by atoms with Gasteiger partial charge in [0.2, 0.25) is 10.0 Å². The zero-order chi connectivity index (χ0) is 17.5. The second-order valence-corrected chi connectivity index (χ2v) is 7.36. The molecule has 0 saturated carbocycles. The molecule has 0 unspecified atom stereocenters. The van der Waals surface area contributed by atoms with Crippen molar-refractivity contribution in [2.75, 3.05) is 15.8 Å². The molecule has 0 aliphatic heterocycles. The molecule has 3 aromatic rings. The van der Waals surface area contributed by atoms with Crippen molar-refractivity contribution in [3.63, 3.8) is 0 Å². The molecule has 0 fully saturated rings. The molecule has 1 aromatic carbocycles. The summed E-state index contributed by atoms with van der Waals surface area (Å²) >= 11 is 0. The van der Waals surface area contributed by atoms with Crippen LogP contribution in [0.2, 0.25) is 0 Å². The highest BCUT2D eigenvalue weighted by molar-refractivity contribution is 7.92. The first-order valence-electron chi connectivity index (χ1n) is 7.87. The largest absolute Gasteiger partial charge is 0.467 e. The van der Waals surface area contributed by atoms with Crippen LogP contribution in [0.5, 0.6) is 0 Å². The van der Waals surface area contributed by atoms with Gasteiger partial charge in [0.25, 0.3) is 0 Å². The Kier molecular flexibility index (Phi) is 5.35. The number of anilines is 2. The monoisotopic (exact) mass is 357 g/mol. The highest BCUT2D eigenvalue weighted by Crippen LogP contribution is 2.13. The lowest BCUT2D eigenvalue weighted by Gasteiger charge is -2.09. The summed E-state index contributed by atoms with van der Waals surface area (Å²) < 4.78 is 32.1.